The van der Waals surface area contributed by atoms with Crippen molar-refractivity contribution < 1.29 is 13.2 Å². The Bertz CT molecular complexity index is 749. The SMILES string of the molecule is CC(C)Cc1ccc([C@@H]2CO[C@@H]2S(=O)(=O)c2ccccc2)cc1. The van der Waals surface area contributed by atoms with Crippen molar-refractivity contribution in [3.05, 3.63) is 65.7 Å². The fraction of sp³-hybridized carbons (Fsp3) is 0.368. The zero-order valence-corrected chi connectivity index (χ0v) is 14.3. The maximum Gasteiger partial charge on any atom is 0.205 e. The Labute approximate surface area is 138 Å². The minimum Gasteiger partial charge on any atom is -0.360 e. The molecular formula is C19H22O3S. The highest BCUT2D eigenvalue weighted by Gasteiger charge is 2.43. The van der Waals surface area contributed by atoms with Crippen LogP contribution in [0.3, 0.4) is 0 Å². The standard InChI is InChI=1S/C19H22O3S/c1-14(2)12-15-8-10-16(11-9-15)18-13-22-19(18)23(20,21)17-6-4-3-5-7-17/h3-11,14,18-19H,12-13H2,1-2H3/t18-,19+/m0/s1. The lowest BCUT2D eigenvalue weighted by molar-refractivity contribution is -0.0245. The second kappa shape index (κ2) is 6.46. The molecule has 0 bridgehead atoms. The highest BCUT2D eigenvalue weighted by atomic mass is 32.2. The third-order valence-corrected chi connectivity index (χ3v) is 6.20. The third-order valence-electron chi connectivity index (χ3n) is 4.20. The molecule has 23 heavy (non-hydrogen) atoms. The van der Waals surface area contributed by atoms with Gasteiger partial charge in [0.05, 0.1) is 11.5 Å². The molecule has 0 radical (unpaired) electrons. The van der Waals surface area contributed by atoms with Gasteiger partial charge < -0.3 is 4.74 Å². The highest BCUT2D eigenvalue weighted by molar-refractivity contribution is 7.92. The van der Waals surface area contributed by atoms with E-state index in [1.165, 1.54) is 5.56 Å². The minimum absolute atomic E-state index is 0.0895. The first-order chi connectivity index (χ1) is 11.0. The summed E-state index contributed by atoms with van der Waals surface area (Å²) in [4.78, 5) is 0.325. The molecule has 0 amide bonds. The summed E-state index contributed by atoms with van der Waals surface area (Å²) in [7, 11) is -3.45. The Morgan fingerprint density at radius 2 is 1.70 bits per heavy atom. The maximum absolute atomic E-state index is 12.7. The van der Waals surface area contributed by atoms with Crippen molar-refractivity contribution in [2.24, 2.45) is 5.92 Å². The van der Waals surface area contributed by atoms with Crippen molar-refractivity contribution in [2.75, 3.05) is 6.61 Å². The molecular weight excluding hydrogens is 308 g/mol. The van der Waals surface area contributed by atoms with Crippen LogP contribution in [-0.4, -0.2) is 20.5 Å². The number of hydrogen-bond acceptors (Lipinski definition) is 3. The van der Waals surface area contributed by atoms with Crippen LogP contribution in [0.1, 0.15) is 30.9 Å². The smallest absolute Gasteiger partial charge is 0.205 e. The average molecular weight is 330 g/mol. The van der Waals surface area contributed by atoms with Crippen LogP contribution in [0.5, 0.6) is 0 Å². The fourth-order valence-corrected chi connectivity index (χ4v) is 4.68. The molecule has 0 aliphatic carbocycles. The molecule has 4 heteroatoms. The second-order valence-electron chi connectivity index (χ2n) is 6.51. The summed E-state index contributed by atoms with van der Waals surface area (Å²) in [6.07, 6.45) is 1.03. The summed E-state index contributed by atoms with van der Waals surface area (Å²) in [6.45, 7) is 4.84. The average Bonchev–Trinajstić information content (AvgIpc) is 2.48. The van der Waals surface area contributed by atoms with Gasteiger partial charge in [-0.1, -0.05) is 56.3 Å². The summed E-state index contributed by atoms with van der Waals surface area (Å²) < 4.78 is 30.8. The van der Waals surface area contributed by atoms with Crippen LogP contribution < -0.4 is 0 Å². The number of benzene rings is 2. The Hall–Kier alpha value is -1.65. The molecule has 3 rings (SSSR count). The fourth-order valence-electron chi connectivity index (χ4n) is 2.95. The first-order valence-corrected chi connectivity index (χ1v) is 9.52. The van der Waals surface area contributed by atoms with Gasteiger partial charge in [-0.25, -0.2) is 8.42 Å². The van der Waals surface area contributed by atoms with E-state index in [2.05, 4.69) is 26.0 Å². The van der Waals surface area contributed by atoms with E-state index in [1.54, 1.807) is 24.3 Å². The van der Waals surface area contributed by atoms with Gasteiger partial charge in [-0.2, -0.15) is 0 Å². The lowest BCUT2D eigenvalue weighted by Crippen LogP contribution is -2.43. The van der Waals surface area contributed by atoms with E-state index in [4.69, 9.17) is 4.74 Å². The van der Waals surface area contributed by atoms with Gasteiger partial charge in [0.1, 0.15) is 0 Å². The molecule has 0 unspecified atom stereocenters. The predicted octanol–water partition coefficient (Wildman–Crippen LogP) is 3.80. The summed E-state index contributed by atoms with van der Waals surface area (Å²) in [5.74, 6) is 0.521. The molecule has 1 heterocycles. The molecule has 3 nitrogen and oxygen atoms in total. The van der Waals surface area contributed by atoms with E-state index >= 15 is 0 Å². The third kappa shape index (κ3) is 3.33. The van der Waals surface area contributed by atoms with Crippen LogP contribution in [0, 0.1) is 5.92 Å². The molecule has 2 aromatic rings. The quantitative estimate of drug-likeness (QED) is 0.837. The van der Waals surface area contributed by atoms with E-state index in [0.717, 1.165) is 12.0 Å². The van der Waals surface area contributed by atoms with E-state index in [9.17, 15) is 8.42 Å². The number of rotatable bonds is 5. The Morgan fingerprint density at radius 1 is 1.04 bits per heavy atom. The van der Waals surface area contributed by atoms with Crippen molar-refractivity contribution >= 4 is 9.84 Å². The molecule has 1 aliphatic rings. The zero-order valence-electron chi connectivity index (χ0n) is 13.5. The molecule has 1 fully saturated rings. The molecule has 122 valence electrons. The van der Waals surface area contributed by atoms with Gasteiger partial charge in [0.25, 0.3) is 0 Å². The monoisotopic (exact) mass is 330 g/mol. The lowest BCUT2D eigenvalue weighted by atomic mass is 9.94. The van der Waals surface area contributed by atoms with Gasteiger partial charge >= 0.3 is 0 Å². The largest absolute Gasteiger partial charge is 0.360 e. The van der Waals surface area contributed by atoms with E-state index < -0.39 is 15.3 Å². The van der Waals surface area contributed by atoms with E-state index in [0.29, 0.717) is 17.4 Å². The number of sulfone groups is 1. The highest BCUT2D eigenvalue weighted by Crippen LogP contribution is 2.37. The van der Waals surface area contributed by atoms with Gasteiger partial charge in [-0.05, 0) is 35.6 Å². The van der Waals surface area contributed by atoms with Crippen molar-refractivity contribution in [3.63, 3.8) is 0 Å². The molecule has 2 atom stereocenters. The molecule has 1 saturated heterocycles. The summed E-state index contributed by atoms with van der Waals surface area (Å²) >= 11 is 0. The summed E-state index contributed by atoms with van der Waals surface area (Å²) in [5.41, 5.74) is 1.54. The van der Waals surface area contributed by atoms with Crippen molar-refractivity contribution in [2.45, 2.75) is 36.5 Å². The number of hydrogen-bond donors (Lipinski definition) is 0. The van der Waals surface area contributed by atoms with Gasteiger partial charge in [-0.15, -0.1) is 0 Å². The van der Waals surface area contributed by atoms with Crippen molar-refractivity contribution in [3.8, 4) is 0 Å². The van der Waals surface area contributed by atoms with Crippen molar-refractivity contribution in [1.82, 2.24) is 0 Å². The van der Waals surface area contributed by atoms with Crippen LogP contribution in [0.25, 0.3) is 0 Å². The maximum atomic E-state index is 12.7. The summed E-state index contributed by atoms with van der Waals surface area (Å²) in [5, 5.41) is 0. The van der Waals surface area contributed by atoms with E-state index in [-0.39, 0.29) is 5.92 Å². The van der Waals surface area contributed by atoms with Crippen LogP contribution >= 0.6 is 0 Å². The summed E-state index contributed by atoms with van der Waals surface area (Å²) in [6, 6.07) is 16.8. The molecule has 1 aliphatic heterocycles. The topological polar surface area (TPSA) is 43.4 Å². The minimum atomic E-state index is -3.45. The van der Waals surface area contributed by atoms with Gasteiger partial charge in [0.2, 0.25) is 9.84 Å². The first kappa shape index (κ1) is 16.2. The van der Waals surface area contributed by atoms with E-state index in [1.807, 2.05) is 18.2 Å². The van der Waals surface area contributed by atoms with Crippen LogP contribution in [0.2, 0.25) is 0 Å². The molecule has 0 aromatic heterocycles. The van der Waals surface area contributed by atoms with Gasteiger partial charge in [0, 0.05) is 5.92 Å². The van der Waals surface area contributed by atoms with Crippen molar-refractivity contribution in [1.29, 1.82) is 0 Å². The van der Waals surface area contributed by atoms with Crippen LogP contribution in [0.15, 0.2) is 59.5 Å². The molecule has 0 saturated carbocycles. The molecule has 2 aromatic carbocycles. The zero-order chi connectivity index (χ0) is 16.4. The Kier molecular flexibility index (Phi) is 4.55. The molecule has 0 N–H and O–H groups in total. The number of ether oxygens (including phenoxy) is 1. The molecule has 0 spiro atoms. The normalized spacial score (nSPS) is 21.2. The predicted molar refractivity (Wildman–Crippen MR) is 91.1 cm³/mol. The van der Waals surface area contributed by atoms with Crippen LogP contribution in [-0.2, 0) is 21.0 Å². The Morgan fingerprint density at radius 3 is 2.22 bits per heavy atom. The van der Waals surface area contributed by atoms with Gasteiger partial charge in [-0.3, -0.25) is 0 Å². The Balaban J connectivity index is 1.80. The second-order valence-corrected chi connectivity index (χ2v) is 8.53. The lowest BCUT2D eigenvalue weighted by Gasteiger charge is -2.36. The van der Waals surface area contributed by atoms with Gasteiger partial charge in [0.15, 0.2) is 5.44 Å². The van der Waals surface area contributed by atoms with Crippen LogP contribution in [0.4, 0.5) is 0 Å². The first-order valence-electron chi connectivity index (χ1n) is 7.98.